The van der Waals surface area contributed by atoms with Crippen LogP contribution in [-0.4, -0.2) is 45.9 Å². The van der Waals surface area contributed by atoms with E-state index in [0.717, 1.165) is 31.5 Å². The van der Waals surface area contributed by atoms with Crippen LogP contribution in [0.5, 0.6) is 11.5 Å². The molecule has 1 aliphatic rings. The minimum atomic E-state index is -0.142. The van der Waals surface area contributed by atoms with Crippen molar-refractivity contribution in [2.45, 2.75) is 19.4 Å². The number of rotatable bonds is 10. The summed E-state index contributed by atoms with van der Waals surface area (Å²) in [7, 11) is 1.71. The molecule has 0 spiro atoms. The highest BCUT2D eigenvalue weighted by Gasteiger charge is 2.32. The third-order valence-corrected chi connectivity index (χ3v) is 5.22. The Morgan fingerprint density at radius 3 is 2.30 bits per heavy atom. The number of nitrogens with one attached hydrogen (secondary N) is 2. The molecule has 7 heteroatoms. The quantitative estimate of drug-likeness (QED) is 0.601. The molecular weight excluding hydrogens is 404 g/mol. The zero-order chi connectivity index (χ0) is 20.4. The van der Waals surface area contributed by atoms with Crippen molar-refractivity contribution in [3.8, 4) is 11.5 Å². The summed E-state index contributed by atoms with van der Waals surface area (Å²) in [6, 6.07) is 17.4. The number of halogens is 1. The van der Waals surface area contributed by atoms with Crippen molar-refractivity contribution in [2.24, 2.45) is 5.41 Å². The molecule has 0 aromatic heterocycles. The van der Waals surface area contributed by atoms with Crippen LogP contribution in [0.2, 0.25) is 0 Å². The van der Waals surface area contributed by atoms with Crippen molar-refractivity contribution in [3.63, 3.8) is 0 Å². The Labute approximate surface area is 184 Å². The topological polar surface area (TPSA) is 68.8 Å². The zero-order valence-corrected chi connectivity index (χ0v) is 18.2. The van der Waals surface area contributed by atoms with E-state index in [1.54, 1.807) is 7.11 Å². The molecule has 1 fully saturated rings. The Balaban J connectivity index is 0.00000320. The normalized spacial score (nSPS) is 15.0. The maximum atomic E-state index is 12.4. The number of hydrogen-bond donors (Lipinski definition) is 2. The zero-order valence-electron chi connectivity index (χ0n) is 17.4. The third-order valence-electron chi connectivity index (χ3n) is 5.22. The molecule has 1 saturated heterocycles. The van der Waals surface area contributed by atoms with Gasteiger partial charge >= 0.3 is 0 Å². The van der Waals surface area contributed by atoms with Gasteiger partial charge in [0.25, 0.3) is 5.91 Å². The van der Waals surface area contributed by atoms with Crippen LogP contribution in [-0.2, 0) is 16.1 Å². The van der Waals surface area contributed by atoms with Crippen molar-refractivity contribution in [2.75, 3.05) is 40.0 Å². The second-order valence-corrected chi connectivity index (χ2v) is 7.47. The van der Waals surface area contributed by atoms with Crippen LogP contribution in [0.15, 0.2) is 54.6 Å². The van der Waals surface area contributed by atoms with E-state index < -0.39 is 0 Å². The molecule has 0 saturated carbocycles. The van der Waals surface area contributed by atoms with Gasteiger partial charge in [-0.1, -0.05) is 42.5 Å². The summed E-state index contributed by atoms with van der Waals surface area (Å²) in [6.45, 7) is 3.53. The van der Waals surface area contributed by atoms with Gasteiger partial charge in [0.1, 0.15) is 6.61 Å². The number of ether oxygens (including phenoxy) is 3. The predicted molar refractivity (Wildman–Crippen MR) is 119 cm³/mol. The van der Waals surface area contributed by atoms with Crippen molar-refractivity contribution in [3.05, 3.63) is 60.2 Å². The molecule has 1 amide bonds. The minimum absolute atomic E-state index is 0. The van der Waals surface area contributed by atoms with Crippen LogP contribution in [0.1, 0.15) is 18.4 Å². The Hall–Kier alpha value is -2.28. The number of piperidine rings is 1. The molecule has 0 bridgehead atoms. The van der Waals surface area contributed by atoms with Gasteiger partial charge in [-0.25, -0.2) is 0 Å². The fraction of sp³-hybridized carbons (Fsp3) is 0.435. The SMILES string of the molecule is COCC1(CNC(=O)COc2ccccc2OCc2ccccc2)CCNCC1.Cl. The van der Waals surface area contributed by atoms with E-state index in [1.807, 2.05) is 54.6 Å². The lowest BCUT2D eigenvalue weighted by Gasteiger charge is -2.37. The Morgan fingerprint density at radius 1 is 1.00 bits per heavy atom. The second kappa shape index (κ2) is 12.4. The van der Waals surface area contributed by atoms with Gasteiger partial charge in [0.2, 0.25) is 0 Å². The number of amides is 1. The summed E-state index contributed by atoms with van der Waals surface area (Å²) in [5.74, 6) is 1.04. The van der Waals surface area contributed by atoms with E-state index in [2.05, 4.69) is 10.6 Å². The Morgan fingerprint density at radius 2 is 1.63 bits per heavy atom. The third kappa shape index (κ3) is 7.20. The number of hydrogen-bond acceptors (Lipinski definition) is 5. The molecular formula is C23H31ClN2O4. The lowest BCUT2D eigenvalue weighted by Crippen LogP contribution is -2.47. The molecule has 0 radical (unpaired) electrons. The molecule has 164 valence electrons. The van der Waals surface area contributed by atoms with Crippen molar-refractivity contribution in [1.29, 1.82) is 0 Å². The second-order valence-electron chi connectivity index (χ2n) is 7.47. The van der Waals surface area contributed by atoms with E-state index in [1.165, 1.54) is 0 Å². The summed E-state index contributed by atoms with van der Waals surface area (Å²) in [6.07, 6.45) is 1.97. The van der Waals surface area contributed by atoms with Crippen LogP contribution in [0, 0.1) is 5.41 Å². The summed E-state index contributed by atoms with van der Waals surface area (Å²) < 4.78 is 17.0. The fourth-order valence-electron chi connectivity index (χ4n) is 3.54. The van der Waals surface area contributed by atoms with Crippen LogP contribution < -0.4 is 20.1 Å². The number of methoxy groups -OCH3 is 1. The molecule has 2 aromatic carbocycles. The summed E-state index contributed by atoms with van der Waals surface area (Å²) in [5, 5.41) is 6.37. The van der Waals surface area contributed by atoms with Crippen LogP contribution in [0.3, 0.4) is 0 Å². The number of para-hydroxylation sites is 2. The number of carbonyl (C=O) groups is 1. The molecule has 6 nitrogen and oxygen atoms in total. The molecule has 0 atom stereocenters. The smallest absolute Gasteiger partial charge is 0.257 e. The van der Waals surface area contributed by atoms with Gasteiger partial charge in [-0.2, -0.15) is 0 Å². The maximum absolute atomic E-state index is 12.4. The first kappa shape index (κ1) is 24.0. The molecule has 1 aliphatic heterocycles. The van der Waals surface area contributed by atoms with Gasteiger partial charge in [-0.05, 0) is 43.6 Å². The monoisotopic (exact) mass is 434 g/mol. The molecule has 1 heterocycles. The van der Waals surface area contributed by atoms with Crippen molar-refractivity contribution < 1.29 is 19.0 Å². The minimum Gasteiger partial charge on any atom is -0.485 e. The van der Waals surface area contributed by atoms with Crippen LogP contribution in [0.4, 0.5) is 0 Å². The van der Waals surface area contributed by atoms with Gasteiger partial charge in [-0.3, -0.25) is 4.79 Å². The highest BCUT2D eigenvalue weighted by Crippen LogP contribution is 2.29. The summed E-state index contributed by atoms with van der Waals surface area (Å²) >= 11 is 0. The number of benzene rings is 2. The summed E-state index contributed by atoms with van der Waals surface area (Å²) in [5.41, 5.74) is 1.07. The first-order chi connectivity index (χ1) is 14.2. The largest absolute Gasteiger partial charge is 0.485 e. The molecule has 2 aromatic rings. The maximum Gasteiger partial charge on any atom is 0.257 e. The average molecular weight is 435 g/mol. The lowest BCUT2D eigenvalue weighted by atomic mass is 9.79. The molecule has 0 unspecified atom stereocenters. The average Bonchev–Trinajstić information content (AvgIpc) is 2.77. The van der Waals surface area contributed by atoms with E-state index in [4.69, 9.17) is 14.2 Å². The summed E-state index contributed by atoms with van der Waals surface area (Å²) in [4.78, 5) is 12.4. The first-order valence-corrected chi connectivity index (χ1v) is 10.1. The van der Waals surface area contributed by atoms with Gasteiger partial charge in [0.05, 0.1) is 6.61 Å². The molecule has 30 heavy (non-hydrogen) atoms. The highest BCUT2D eigenvalue weighted by atomic mass is 35.5. The molecule has 3 rings (SSSR count). The Bertz CT molecular complexity index is 761. The van der Waals surface area contributed by atoms with Crippen molar-refractivity contribution in [1.82, 2.24) is 10.6 Å². The fourth-order valence-corrected chi connectivity index (χ4v) is 3.54. The van der Waals surface area contributed by atoms with Gasteiger partial charge in [-0.15, -0.1) is 12.4 Å². The van der Waals surface area contributed by atoms with Crippen molar-refractivity contribution >= 4 is 18.3 Å². The van der Waals surface area contributed by atoms with E-state index in [-0.39, 0.29) is 30.3 Å². The first-order valence-electron chi connectivity index (χ1n) is 10.1. The lowest BCUT2D eigenvalue weighted by molar-refractivity contribution is -0.124. The van der Waals surface area contributed by atoms with Crippen LogP contribution in [0.25, 0.3) is 0 Å². The standard InChI is InChI=1S/C23H30N2O4.ClH/c1-27-18-23(11-13-24-14-12-23)17-25-22(26)16-29-21-10-6-5-9-20(21)28-15-19-7-3-2-4-8-19;/h2-10,24H,11-18H2,1H3,(H,25,26);1H. The van der Waals surface area contributed by atoms with Gasteiger partial charge < -0.3 is 24.8 Å². The molecule has 0 aliphatic carbocycles. The Kier molecular flexibility index (Phi) is 9.94. The van der Waals surface area contributed by atoms with E-state index >= 15 is 0 Å². The number of carbonyl (C=O) groups excluding carboxylic acids is 1. The highest BCUT2D eigenvalue weighted by molar-refractivity contribution is 5.85. The predicted octanol–water partition coefficient (Wildman–Crippen LogP) is 3.20. The molecule has 2 N–H and O–H groups in total. The van der Waals surface area contributed by atoms with Crippen LogP contribution >= 0.6 is 12.4 Å². The van der Waals surface area contributed by atoms with Gasteiger partial charge in [0, 0.05) is 19.1 Å². The van der Waals surface area contributed by atoms with Gasteiger partial charge in [0.15, 0.2) is 18.1 Å². The van der Waals surface area contributed by atoms with E-state index in [0.29, 0.717) is 31.3 Å². The van der Waals surface area contributed by atoms with E-state index in [9.17, 15) is 4.79 Å².